The molecule has 2 heteroatoms. The van der Waals surface area contributed by atoms with Gasteiger partial charge in [-0.2, -0.15) is 0 Å². The molecular weight excluding hydrogens is 244 g/mol. The molecule has 1 aliphatic carbocycles. The Morgan fingerprint density at radius 2 is 1.75 bits per heavy atom. The van der Waals surface area contributed by atoms with Crippen molar-refractivity contribution in [1.82, 2.24) is 10.2 Å². The lowest BCUT2D eigenvalue weighted by Crippen LogP contribution is -2.53. The van der Waals surface area contributed by atoms with Crippen molar-refractivity contribution in [2.75, 3.05) is 19.6 Å². The molecule has 1 aromatic carbocycles. The first-order chi connectivity index (χ1) is 9.43. The molecular formula is C18H28N2. The first-order valence-electron chi connectivity index (χ1n) is 7.94. The Morgan fingerprint density at radius 1 is 1.10 bits per heavy atom. The highest BCUT2D eigenvalue weighted by molar-refractivity contribution is 5.20. The molecule has 0 spiro atoms. The molecule has 3 rings (SSSR count). The lowest BCUT2D eigenvalue weighted by Gasteiger charge is -2.35. The van der Waals surface area contributed by atoms with Crippen LogP contribution in [0.15, 0.2) is 30.3 Å². The topological polar surface area (TPSA) is 15.3 Å². The van der Waals surface area contributed by atoms with Crippen LogP contribution in [0.4, 0.5) is 0 Å². The van der Waals surface area contributed by atoms with Crippen LogP contribution in [0, 0.1) is 10.8 Å². The Labute approximate surface area is 123 Å². The highest BCUT2D eigenvalue weighted by Gasteiger charge is 2.67. The van der Waals surface area contributed by atoms with Crippen LogP contribution >= 0.6 is 0 Å². The van der Waals surface area contributed by atoms with Gasteiger partial charge in [-0.15, -0.1) is 0 Å². The maximum Gasteiger partial charge on any atom is 0.0236 e. The molecule has 0 bridgehead atoms. The van der Waals surface area contributed by atoms with Crippen LogP contribution in [0.25, 0.3) is 0 Å². The molecule has 1 saturated heterocycles. The Balaban J connectivity index is 1.63. The third-order valence-electron chi connectivity index (χ3n) is 5.92. The van der Waals surface area contributed by atoms with Crippen molar-refractivity contribution in [2.45, 2.75) is 46.2 Å². The third kappa shape index (κ3) is 2.29. The average Bonchev–Trinajstić information content (AvgIpc) is 2.81. The summed E-state index contributed by atoms with van der Waals surface area (Å²) in [5, 5.41) is 3.69. The molecule has 0 radical (unpaired) electrons. The van der Waals surface area contributed by atoms with Gasteiger partial charge in [0.25, 0.3) is 0 Å². The van der Waals surface area contributed by atoms with E-state index in [9.17, 15) is 0 Å². The van der Waals surface area contributed by atoms with Gasteiger partial charge in [0.2, 0.25) is 0 Å². The Hall–Kier alpha value is -0.860. The van der Waals surface area contributed by atoms with Crippen molar-refractivity contribution >= 4 is 0 Å². The summed E-state index contributed by atoms with van der Waals surface area (Å²) >= 11 is 0. The van der Waals surface area contributed by atoms with Crippen molar-refractivity contribution in [3.63, 3.8) is 0 Å². The number of benzene rings is 1. The van der Waals surface area contributed by atoms with Crippen molar-refractivity contribution in [1.29, 1.82) is 0 Å². The summed E-state index contributed by atoms with van der Waals surface area (Å²) in [4.78, 5) is 2.73. The van der Waals surface area contributed by atoms with E-state index in [2.05, 4.69) is 68.2 Å². The lowest BCUT2D eigenvalue weighted by molar-refractivity contribution is 0.165. The van der Waals surface area contributed by atoms with Crippen LogP contribution in [0.5, 0.6) is 0 Å². The first-order valence-corrected chi connectivity index (χ1v) is 7.94. The Bertz CT molecular complexity index is 450. The van der Waals surface area contributed by atoms with Crippen LogP contribution in [0.2, 0.25) is 0 Å². The quantitative estimate of drug-likeness (QED) is 0.910. The molecule has 1 aromatic rings. The summed E-state index contributed by atoms with van der Waals surface area (Å²) in [7, 11) is 0. The molecule has 0 aromatic heterocycles. The van der Waals surface area contributed by atoms with Crippen LogP contribution in [-0.4, -0.2) is 36.6 Å². The zero-order chi connectivity index (χ0) is 14.4. The molecule has 1 atom stereocenters. The maximum atomic E-state index is 3.69. The van der Waals surface area contributed by atoms with Gasteiger partial charge in [0, 0.05) is 31.7 Å². The third-order valence-corrected chi connectivity index (χ3v) is 5.92. The highest BCUT2D eigenvalue weighted by atomic mass is 15.3. The van der Waals surface area contributed by atoms with E-state index < -0.39 is 0 Å². The van der Waals surface area contributed by atoms with Gasteiger partial charge in [-0.05, 0) is 22.8 Å². The molecule has 0 amide bonds. The number of nitrogens with one attached hydrogen (secondary N) is 1. The SMILES string of the molecule is CC1(C)C(N2CCNC(Cc3ccccc3)C2)C1(C)C. The summed E-state index contributed by atoms with van der Waals surface area (Å²) in [6.07, 6.45) is 1.14. The number of piperazine rings is 1. The van der Waals surface area contributed by atoms with E-state index in [-0.39, 0.29) is 0 Å². The molecule has 1 saturated carbocycles. The number of hydrogen-bond donors (Lipinski definition) is 1. The second kappa shape index (κ2) is 4.85. The van der Waals surface area contributed by atoms with Gasteiger partial charge in [-0.25, -0.2) is 0 Å². The lowest BCUT2D eigenvalue weighted by atomic mass is 10.0. The minimum Gasteiger partial charge on any atom is -0.311 e. The van der Waals surface area contributed by atoms with Crippen molar-refractivity contribution in [3.8, 4) is 0 Å². The van der Waals surface area contributed by atoms with E-state index in [1.165, 1.54) is 18.7 Å². The molecule has 1 heterocycles. The first kappa shape index (κ1) is 14.1. The van der Waals surface area contributed by atoms with Crippen molar-refractivity contribution < 1.29 is 0 Å². The molecule has 2 nitrogen and oxygen atoms in total. The summed E-state index contributed by atoms with van der Waals surface area (Å²) < 4.78 is 0. The second-order valence-electron chi connectivity index (χ2n) is 7.68. The maximum absolute atomic E-state index is 3.69. The van der Waals surface area contributed by atoms with Gasteiger partial charge in [-0.3, -0.25) is 4.90 Å². The molecule has 1 aliphatic heterocycles. The van der Waals surface area contributed by atoms with Gasteiger partial charge in [0.1, 0.15) is 0 Å². The van der Waals surface area contributed by atoms with Crippen molar-refractivity contribution in [3.05, 3.63) is 35.9 Å². The number of hydrogen-bond acceptors (Lipinski definition) is 2. The standard InChI is InChI=1S/C18H28N2/c1-17(2)16(18(17,3)4)20-11-10-19-15(13-20)12-14-8-6-5-7-9-14/h5-9,15-16,19H,10-13H2,1-4H3. The molecule has 2 fully saturated rings. The monoisotopic (exact) mass is 272 g/mol. The summed E-state index contributed by atoms with van der Waals surface area (Å²) in [6.45, 7) is 13.2. The summed E-state index contributed by atoms with van der Waals surface area (Å²) in [6, 6.07) is 12.2. The highest BCUT2D eigenvalue weighted by Crippen LogP contribution is 2.65. The molecule has 2 aliphatic rings. The largest absolute Gasteiger partial charge is 0.311 e. The zero-order valence-corrected chi connectivity index (χ0v) is 13.3. The summed E-state index contributed by atoms with van der Waals surface area (Å²) in [5.41, 5.74) is 2.37. The van der Waals surface area contributed by atoms with Gasteiger partial charge in [0.15, 0.2) is 0 Å². The number of nitrogens with zero attached hydrogens (tertiary/aromatic N) is 1. The van der Waals surface area contributed by atoms with Crippen LogP contribution in [-0.2, 0) is 6.42 Å². The predicted molar refractivity (Wildman–Crippen MR) is 84.9 cm³/mol. The van der Waals surface area contributed by atoms with Crippen LogP contribution in [0.3, 0.4) is 0 Å². The molecule has 110 valence electrons. The number of rotatable bonds is 3. The van der Waals surface area contributed by atoms with Gasteiger partial charge in [0.05, 0.1) is 0 Å². The van der Waals surface area contributed by atoms with E-state index >= 15 is 0 Å². The minimum absolute atomic E-state index is 0.460. The van der Waals surface area contributed by atoms with Crippen LogP contribution in [0.1, 0.15) is 33.3 Å². The van der Waals surface area contributed by atoms with Gasteiger partial charge in [-0.1, -0.05) is 58.0 Å². The average molecular weight is 272 g/mol. The van der Waals surface area contributed by atoms with Gasteiger partial charge >= 0.3 is 0 Å². The van der Waals surface area contributed by atoms with E-state index in [0.717, 1.165) is 19.0 Å². The van der Waals surface area contributed by atoms with E-state index in [1.54, 1.807) is 0 Å². The predicted octanol–water partition coefficient (Wildman–Crippen LogP) is 2.94. The Morgan fingerprint density at radius 3 is 2.35 bits per heavy atom. The summed E-state index contributed by atoms with van der Waals surface area (Å²) in [5.74, 6) is 0. The Kier molecular flexibility index (Phi) is 3.42. The molecule has 1 N–H and O–H groups in total. The van der Waals surface area contributed by atoms with E-state index in [0.29, 0.717) is 16.9 Å². The van der Waals surface area contributed by atoms with Crippen molar-refractivity contribution in [2.24, 2.45) is 10.8 Å². The van der Waals surface area contributed by atoms with E-state index in [4.69, 9.17) is 0 Å². The normalized spacial score (nSPS) is 29.3. The fraction of sp³-hybridized carbons (Fsp3) is 0.667. The van der Waals surface area contributed by atoms with Gasteiger partial charge < -0.3 is 5.32 Å². The van der Waals surface area contributed by atoms with Crippen LogP contribution < -0.4 is 5.32 Å². The zero-order valence-electron chi connectivity index (χ0n) is 13.3. The smallest absolute Gasteiger partial charge is 0.0236 e. The van der Waals surface area contributed by atoms with E-state index in [1.807, 2.05) is 0 Å². The fourth-order valence-corrected chi connectivity index (χ4v) is 4.20. The molecule has 20 heavy (non-hydrogen) atoms. The second-order valence-corrected chi connectivity index (χ2v) is 7.68. The fourth-order valence-electron chi connectivity index (χ4n) is 4.20. The minimum atomic E-state index is 0.460. The molecule has 1 unspecified atom stereocenters.